The van der Waals surface area contributed by atoms with Crippen LogP contribution >= 0.6 is 11.3 Å². The fourth-order valence-corrected chi connectivity index (χ4v) is 4.34. The molecule has 1 fully saturated rings. The number of thiophene rings is 1. The Morgan fingerprint density at radius 1 is 1.25 bits per heavy atom. The molecule has 3 heterocycles. The lowest BCUT2D eigenvalue weighted by Gasteiger charge is -2.25. The van der Waals surface area contributed by atoms with Crippen LogP contribution in [0, 0.1) is 19.7 Å². The largest absolute Gasteiger partial charge is 0.494 e. The van der Waals surface area contributed by atoms with E-state index in [-0.39, 0.29) is 5.75 Å². The van der Waals surface area contributed by atoms with Gasteiger partial charge in [-0.1, -0.05) is 0 Å². The molecule has 3 aromatic rings. The average molecular weight is 402 g/mol. The zero-order valence-corrected chi connectivity index (χ0v) is 17.0. The molecule has 0 spiro atoms. The van der Waals surface area contributed by atoms with Crippen molar-refractivity contribution < 1.29 is 13.9 Å². The molecule has 4 rings (SSSR count). The van der Waals surface area contributed by atoms with Gasteiger partial charge in [0, 0.05) is 29.7 Å². The Labute approximate surface area is 167 Å². The highest BCUT2D eigenvalue weighted by Crippen LogP contribution is 2.35. The monoisotopic (exact) mass is 402 g/mol. The van der Waals surface area contributed by atoms with E-state index < -0.39 is 5.82 Å². The average Bonchev–Trinajstić information content (AvgIpc) is 2.98. The first-order chi connectivity index (χ1) is 13.5. The third-order valence-corrected chi connectivity index (χ3v) is 6.06. The van der Waals surface area contributed by atoms with E-state index in [1.165, 1.54) is 18.1 Å². The number of fused-ring (bicyclic) bond motifs is 1. The first-order valence-corrected chi connectivity index (χ1v) is 10.0. The standard InChI is InChI=1S/C20H23FN4O2S/c1-12-13(2)28-20-18(12)19(22-14-4-5-15(21)16(10-14)26-3)23-17(24-20)11-25-6-8-27-9-7-25/h4-5,10H,6-9,11H2,1-3H3,(H,22,23,24). The molecule has 28 heavy (non-hydrogen) atoms. The molecule has 0 aliphatic carbocycles. The number of benzene rings is 1. The molecule has 0 bridgehead atoms. The Kier molecular flexibility index (Phi) is 5.43. The number of nitrogens with zero attached hydrogens (tertiary/aromatic N) is 3. The maximum absolute atomic E-state index is 13.8. The molecular weight excluding hydrogens is 379 g/mol. The molecule has 1 N–H and O–H groups in total. The van der Waals surface area contributed by atoms with Crippen LogP contribution in [0.2, 0.25) is 0 Å². The van der Waals surface area contributed by atoms with Gasteiger partial charge in [0.2, 0.25) is 0 Å². The van der Waals surface area contributed by atoms with Crippen LogP contribution < -0.4 is 10.1 Å². The molecule has 0 saturated carbocycles. The van der Waals surface area contributed by atoms with Crippen LogP contribution in [-0.4, -0.2) is 48.3 Å². The van der Waals surface area contributed by atoms with Crippen molar-refractivity contribution >= 4 is 33.1 Å². The minimum Gasteiger partial charge on any atom is -0.494 e. The van der Waals surface area contributed by atoms with E-state index in [0.29, 0.717) is 6.54 Å². The predicted octanol–water partition coefficient (Wildman–Crippen LogP) is 4.03. The van der Waals surface area contributed by atoms with Gasteiger partial charge in [0.05, 0.1) is 32.3 Å². The number of halogens is 1. The maximum atomic E-state index is 13.8. The van der Waals surface area contributed by atoms with Gasteiger partial charge in [-0.2, -0.15) is 0 Å². The maximum Gasteiger partial charge on any atom is 0.165 e. The van der Waals surface area contributed by atoms with E-state index in [9.17, 15) is 4.39 Å². The van der Waals surface area contributed by atoms with Gasteiger partial charge in [0.1, 0.15) is 16.5 Å². The number of anilines is 2. The Morgan fingerprint density at radius 2 is 2.04 bits per heavy atom. The third kappa shape index (κ3) is 3.80. The lowest BCUT2D eigenvalue weighted by Crippen LogP contribution is -2.36. The van der Waals surface area contributed by atoms with Crippen LogP contribution in [0.3, 0.4) is 0 Å². The molecule has 1 aliphatic rings. The zero-order valence-electron chi connectivity index (χ0n) is 16.2. The predicted molar refractivity (Wildman–Crippen MR) is 109 cm³/mol. The topological polar surface area (TPSA) is 59.5 Å². The second-order valence-electron chi connectivity index (χ2n) is 6.81. The highest BCUT2D eigenvalue weighted by atomic mass is 32.1. The summed E-state index contributed by atoms with van der Waals surface area (Å²) in [4.78, 5) is 14.1. The number of hydrogen-bond donors (Lipinski definition) is 1. The summed E-state index contributed by atoms with van der Waals surface area (Å²) in [6.07, 6.45) is 0. The Bertz CT molecular complexity index is 1000. The third-order valence-electron chi connectivity index (χ3n) is 4.96. The highest BCUT2D eigenvalue weighted by Gasteiger charge is 2.18. The lowest BCUT2D eigenvalue weighted by molar-refractivity contribution is 0.0331. The minimum absolute atomic E-state index is 0.196. The fraction of sp³-hybridized carbons (Fsp3) is 0.400. The van der Waals surface area contributed by atoms with Crippen LogP contribution in [-0.2, 0) is 11.3 Å². The van der Waals surface area contributed by atoms with Crippen molar-refractivity contribution in [2.45, 2.75) is 20.4 Å². The molecule has 0 radical (unpaired) electrons. The molecule has 0 atom stereocenters. The molecule has 2 aromatic heterocycles. The fourth-order valence-electron chi connectivity index (χ4n) is 3.29. The van der Waals surface area contributed by atoms with Crippen molar-refractivity contribution in [2.75, 3.05) is 38.7 Å². The molecule has 148 valence electrons. The van der Waals surface area contributed by atoms with Gasteiger partial charge in [-0.05, 0) is 31.5 Å². The molecule has 1 aromatic carbocycles. The summed E-state index contributed by atoms with van der Waals surface area (Å²) in [6.45, 7) is 8.07. The Morgan fingerprint density at radius 3 is 2.79 bits per heavy atom. The van der Waals surface area contributed by atoms with Gasteiger partial charge in [-0.3, -0.25) is 4.90 Å². The van der Waals surface area contributed by atoms with Crippen LogP contribution in [0.15, 0.2) is 18.2 Å². The Balaban J connectivity index is 1.72. The number of hydrogen-bond acceptors (Lipinski definition) is 7. The van der Waals surface area contributed by atoms with Crippen molar-refractivity contribution in [3.05, 3.63) is 40.3 Å². The summed E-state index contributed by atoms with van der Waals surface area (Å²) in [6, 6.07) is 4.71. The summed E-state index contributed by atoms with van der Waals surface area (Å²) in [5.41, 5.74) is 1.88. The molecule has 1 aliphatic heterocycles. The van der Waals surface area contributed by atoms with Crippen molar-refractivity contribution in [2.24, 2.45) is 0 Å². The van der Waals surface area contributed by atoms with E-state index in [0.717, 1.165) is 59.4 Å². The Hall–Kier alpha value is -2.29. The number of rotatable bonds is 5. The normalized spacial score (nSPS) is 15.1. The van der Waals surface area contributed by atoms with Crippen LogP contribution in [0.5, 0.6) is 5.75 Å². The second kappa shape index (κ2) is 7.98. The van der Waals surface area contributed by atoms with E-state index in [4.69, 9.17) is 19.4 Å². The van der Waals surface area contributed by atoms with Gasteiger partial charge < -0.3 is 14.8 Å². The van der Waals surface area contributed by atoms with Crippen LogP contribution in [0.25, 0.3) is 10.2 Å². The number of aromatic nitrogens is 2. The summed E-state index contributed by atoms with van der Waals surface area (Å²) >= 11 is 1.67. The number of morpholine rings is 1. The molecule has 1 saturated heterocycles. The lowest BCUT2D eigenvalue weighted by atomic mass is 10.2. The first-order valence-electron chi connectivity index (χ1n) is 9.22. The molecule has 8 heteroatoms. The van der Waals surface area contributed by atoms with Crippen LogP contribution in [0.4, 0.5) is 15.9 Å². The number of methoxy groups -OCH3 is 1. The molecular formula is C20H23FN4O2S. The first kappa shape index (κ1) is 19.0. The van der Waals surface area contributed by atoms with Gasteiger partial charge in [0.15, 0.2) is 11.6 Å². The SMILES string of the molecule is COc1cc(Nc2nc(CN3CCOCC3)nc3sc(C)c(C)c23)ccc1F. The quantitative estimate of drug-likeness (QED) is 0.695. The van der Waals surface area contributed by atoms with Crippen molar-refractivity contribution in [1.29, 1.82) is 0 Å². The van der Waals surface area contributed by atoms with Crippen molar-refractivity contribution in [3.63, 3.8) is 0 Å². The number of nitrogens with one attached hydrogen (secondary N) is 1. The van der Waals surface area contributed by atoms with E-state index in [1.807, 2.05) is 0 Å². The van der Waals surface area contributed by atoms with Gasteiger partial charge in [-0.15, -0.1) is 11.3 Å². The number of aryl methyl sites for hydroxylation is 2. The van der Waals surface area contributed by atoms with Crippen molar-refractivity contribution in [1.82, 2.24) is 14.9 Å². The minimum atomic E-state index is -0.392. The number of ether oxygens (including phenoxy) is 2. The molecule has 0 unspecified atom stereocenters. The van der Waals surface area contributed by atoms with Gasteiger partial charge in [-0.25, -0.2) is 14.4 Å². The van der Waals surface area contributed by atoms with E-state index >= 15 is 0 Å². The van der Waals surface area contributed by atoms with Gasteiger partial charge >= 0.3 is 0 Å². The highest BCUT2D eigenvalue weighted by molar-refractivity contribution is 7.18. The molecule has 0 amide bonds. The summed E-state index contributed by atoms with van der Waals surface area (Å²) < 4.78 is 24.3. The van der Waals surface area contributed by atoms with Gasteiger partial charge in [0.25, 0.3) is 0 Å². The summed E-state index contributed by atoms with van der Waals surface area (Å²) in [7, 11) is 1.46. The van der Waals surface area contributed by atoms with E-state index in [2.05, 4.69) is 24.1 Å². The second-order valence-corrected chi connectivity index (χ2v) is 8.02. The van der Waals surface area contributed by atoms with E-state index in [1.54, 1.807) is 23.5 Å². The molecule has 6 nitrogen and oxygen atoms in total. The smallest absolute Gasteiger partial charge is 0.165 e. The van der Waals surface area contributed by atoms with Crippen LogP contribution in [0.1, 0.15) is 16.3 Å². The summed E-state index contributed by atoms with van der Waals surface area (Å²) in [5, 5.41) is 4.36. The van der Waals surface area contributed by atoms with Crippen molar-refractivity contribution in [3.8, 4) is 5.75 Å². The zero-order chi connectivity index (χ0) is 19.7. The summed E-state index contributed by atoms with van der Waals surface area (Å²) in [5.74, 6) is 1.31.